The fraction of sp³-hybridized carbons (Fsp3) is 0.318. The van der Waals surface area contributed by atoms with Gasteiger partial charge in [-0.2, -0.15) is 0 Å². The van der Waals surface area contributed by atoms with Gasteiger partial charge in [0.05, 0.1) is 18.3 Å². The van der Waals surface area contributed by atoms with Gasteiger partial charge in [0.1, 0.15) is 11.9 Å². The van der Waals surface area contributed by atoms with E-state index in [9.17, 15) is 9.18 Å². The lowest BCUT2D eigenvalue weighted by atomic mass is 9.84. The lowest BCUT2D eigenvalue weighted by molar-refractivity contribution is 0.00157. The summed E-state index contributed by atoms with van der Waals surface area (Å²) in [6.07, 6.45) is 4.84. The first kappa shape index (κ1) is 18.0. The van der Waals surface area contributed by atoms with Crippen molar-refractivity contribution in [1.82, 2.24) is 14.5 Å². The number of halogens is 1. The van der Waals surface area contributed by atoms with Crippen LogP contribution in [0.2, 0.25) is 0 Å². The van der Waals surface area contributed by atoms with Crippen molar-refractivity contribution in [3.05, 3.63) is 76.1 Å². The summed E-state index contributed by atoms with van der Waals surface area (Å²) < 4.78 is 21.5. The number of benzene rings is 1. The van der Waals surface area contributed by atoms with Gasteiger partial charge in [-0.15, -0.1) is 0 Å². The van der Waals surface area contributed by atoms with Crippen LogP contribution in [0.3, 0.4) is 0 Å². The Hall–Kier alpha value is -3.06. The Morgan fingerprint density at radius 1 is 1.17 bits per heavy atom. The molecule has 148 valence electrons. The molecule has 0 bridgehead atoms. The molecule has 1 aliphatic heterocycles. The van der Waals surface area contributed by atoms with Crippen LogP contribution in [0, 0.1) is 5.82 Å². The Morgan fingerprint density at radius 3 is 2.83 bits per heavy atom. The Bertz CT molecular complexity index is 1120. The summed E-state index contributed by atoms with van der Waals surface area (Å²) in [4.78, 5) is 23.7. The van der Waals surface area contributed by atoms with E-state index >= 15 is 0 Å². The minimum absolute atomic E-state index is 0.00356. The highest BCUT2D eigenvalue weighted by molar-refractivity contribution is 5.59. The van der Waals surface area contributed by atoms with Gasteiger partial charge in [-0.25, -0.2) is 9.37 Å². The Kier molecular flexibility index (Phi) is 4.39. The standard InChI is InChI=1S/C22H21FN4O2/c1-26-20(28)13-18(15-6-8-24-9-7-15)25-22(26)27-10-11-29-21-17-12-16(23)4-2-14(17)3-5-19(21)27/h2,4,6-9,12-13,19,21H,3,5,10-11H2,1H3/t19-,21+/m1/s1. The maximum atomic E-state index is 13.9. The number of hydrogen-bond acceptors (Lipinski definition) is 5. The van der Waals surface area contributed by atoms with Gasteiger partial charge in [0, 0.05) is 37.6 Å². The molecule has 1 aliphatic carbocycles. The lowest BCUT2D eigenvalue weighted by Crippen LogP contribution is -2.51. The Labute approximate surface area is 167 Å². The largest absolute Gasteiger partial charge is 0.370 e. The van der Waals surface area contributed by atoms with Crippen LogP contribution in [0.5, 0.6) is 0 Å². The summed E-state index contributed by atoms with van der Waals surface area (Å²) >= 11 is 0. The molecule has 0 saturated carbocycles. The van der Waals surface area contributed by atoms with Crippen molar-refractivity contribution >= 4 is 5.95 Å². The first-order valence-electron chi connectivity index (χ1n) is 9.77. The lowest BCUT2D eigenvalue weighted by Gasteiger charge is -2.45. The first-order valence-corrected chi connectivity index (χ1v) is 9.77. The second-order valence-corrected chi connectivity index (χ2v) is 7.51. The van der Waals surface area contributed by atoms with Crippen molar-refractivity contribution in [1.29, 1.82) is 0 Å². The molecule has 7 heteroatoms. The predicted octanol–water partition coefficient (Wildman–Crippen LogP) is 2.87. The summed E-state index contributed by atoms with van der Waals surface area (Å²) in [6.45, 7) is 1.12. The van der Waals surface area contributed by atoms with Gasteiger partial charge in [0.15, 0.2) is 0 Å². The number of hydrogen-bond donors (Lipinski definition) is 0. The van der Waals surface area contributed by atoms with Crippen molar-refractivity contribution in [3.8, 4) is 11.3 Å². The Morgan fingerprint density at radius 2 is 2.00 bits per heavy atom. The average molecular weight is 392 g/mol. The second kappa shape index (κ2) is 7.08. The smallest absolute Gasteiger partial charge is 0.255 e. The highest BCUT2D eigenvalue weighted by Gasteiger charge is 2.39. The number of morpholine rings is 1. The van der Waals surface area contributed by atoms with Crippen LogP contribution in [-0.4, -0.2) is 33.7 Å². The van der Waals surface area contributed by atoms with Gasteiger partial charge in [-0.1, -0.05) is 6.07 Å². The molecule has 1 fully saturated rings. The van der Waals surface area contributed by atoms with Crippen molar-refractivity contribution in [2.45, 2.75) is 25.0 Å². The molecule has 3 heterocycles. The number of ether oxygens (including phenoxy) is 1. The highest BCUT2D eigenvalue weighted by Crippen LogP contribution is 2.39. The van der Waals surface area contributed by atoms with Crippen molar-refractivity contribution in [3.63, 3.8) is 0 Å². The molecule has 0 spiro atoms. The summed E-state index contributed by atoms with van der Waals surface area (Å²) in [5, 5.41) is 0. The molecule has 6 nitrogen and oxygen atoms in total. The molecule has 0 unspecified atom stereocenters. The SMILES string of the molecule is Cn1c(N2CCO[C@H]3c4cc(F)ccc4CC[C@H]32)nc(-c2ccncc2)cc1=O. The molecule has 0 N–H and O–H groups in total. The van der Waals surface area contributed by atoms with E-state index < -0.39 is 0 Å². The second-order valence-electron chi connectivity index (χ2n) is 7.51. The van der Waals surface area contributed by atoms with E-state index in [1.54, 1.807) is 36.1 Å². The van der Waals surface area contributed by atoms with E-state index in [4.69, 9.17) is 9.72 Å². The van der Waals surface area contributed by atoms with E-state index in [0.717, 1.165) is 29.5 Å². The quantitative estimate of drug-likeness (QED) is 0.671. The van der Waals surface area contributed by atoms with Crippen LogP contribution in [0.4, 0.5) is 10.3 Å². The van der Waals surface area contributed by atoms with E-state index in [1.807, 2.05) is 18.2 Å². The van der Waals surface area contributed by atoms with E-state index in [1.165, 1.54) is 6.07 Å². The number of rotatable bonds is 2. The van der Waals surface area contributed by atoms with Gasteiger partial charge < -0.3 is 9.64 Å². The molecule has 1 saturated heterocycles. The summed E-state index contributed by atoms with van der Waals surface area (Å²) in [7, 11) is 1.74. The van der Waals surface area contributed by atoms with Crippen LogP contribution < -0.4 is 10.5 Å². The summed E-state index contributed by atoms with van der Waals surface area (Å²) in [5.41, 5.74) is 3.38. The summed E-state index contributed by atoms with van der Waals surface area (Å²) in [6, 6.07) is 10.2. The third-order valence-electron chi connectivity index (χ3n) is 5.85. The minimum atomic E-state index is -0.254. The zero-order valence-corrected chi connectivity index (χ0v) is 16.1. The van der Waals surface area contributed by atoms with E-state index in [2.05, 4.69) is 9.88 Å². The zero-order chi connectivity index (χ0) is 20.0. The van der Waals surface area contributed by atoms with Gasteiger partial charge in [-0.3, -0.25) is 14.3 Å². The van der Waals surface area contributed by atoms with Crippen molar-refractivity contribution in [2.24, 2.45) is 7.05 Å². The van der Waals surface area contributed by atoms with Crippen molar-refractivity contribution in [2.75, 3.05) is 18.1 Å². The topological polar surface area (TPSA) is 60.2 Å². The number of aromatic nitrogens is 3. The molecule has 29 heavy (non-hydrogen) atoms. The van der Waals surface area contributed by atoms with Crippen LogP contribution in [0.25, 0.3) is 11.3 Å². The third kappa shape index (κ3) is 3.11. The fourth-order valence-electron chi connectivity index (χ4n) is 4.39. The fourth-order valence-corrected chi connectivity index (χ4v) is 4.39. The number of pyridine rings is 1. The number of aryl methyl sites for hydroxylation is 1. The van der Waals surface area contributed by atoms with Crippen molar-refractivity contribution < 1.29 is 9.13 Å². The molecule has 1 aromatic carbocycles. The minimum Gasteiger partial charge on any atom is -0.370 e. The molecule has 2 atom stereocenters. The van der Waals surface area contributed by atoms with Gasteiger partial charge in [0.25, 0.3) is 5.56 Å². The zero-order valence-electron chi connectivity index (χ0n) is 16.1. The number of nitrogens with zero attached hydrogens (tertiary/aromatic N) is 4. The van der Waals surface area contributed by atoms with Crippen LogP contribution in [0.15, 0.2) is 53.6 Å². The van der Waals surface area contributed by atoms with Gasteiger partial charge in [0.2, 0.25) is 5.95 Å². The average Bonchev–Trinajstić information content (AvgIpc) is 2.75. The maximum Gasteiger partial charge on any atom is 0.255 e. The maximum absolute atomic E-state index is 13.9. The molecule has 0 radical (unpaired) electrons. The monoisotopic (exact) mass is 392 g/mol. The van der Waals surface area contributed by atoms with E-state index in [0.29, 0.717) is 24.8 Å². The molecule has 0 amide bonds. The number of anilines is 1. The Balaban J connectivity index is 1.58. The molecule has 5 rings (SSSR count). The molecular weight excluding hydrogens is 371 g/mol. The predicted molar refractivity (Wildman–Crippen MR) is 107 cm³/mol. The normalized spacial score (nSPS) is 20.8. The van der Waals surface area contributed by atoms with E-state index in [-0.39, 0.29) is 23.5 Å². The van der Waals surface area contributed by atoms with Crippen LogP contribution in [0.1, 0.15) is 23.7 Å². The summed E-state index contributed by atoms with van der Waals surface area (Å²) in [5.74, 6) is 0.359. The molecule has 2 aromatic heterocycles. The van der Waals surface area contributed by atoms with Gasteiger partial charge >= 0.3 is 0 Å². The first-order chi connectivity index (χ1) is 14.1. The highest BCUT2D eigenvalue weighted by atomic mass is 19.1. The number of fused-ring (bicyclic) bond motifs is 3. The molecule has 2 aliphatic rings. The van der Waals surface area contributed by atoms with Gasteiger partial charge in [-0.05, 0) is 48.2 Å². The van der Waals surface area contributed by atoms with Crippen LogP contribution in [-0.2, 0) is 18.2 Å². The molecular formula is C22H21FN4O2. The third-order valence-corrected chi connectivity index (χ3v) is 5.85. The van der Waals surface area contributed by atoms with Crippen LogP contribution >= 0.6 is 0 Å². The molecule has 3 aromatic rings.